The molecular formula is C21H16N2O2. The van der Waals surface area contributed by atoms with Crippen molar-refractivity contribution in [3.8, 4) is 11.3 Å². The molecule has 0 radical (unpaired) electrons. The van der Waals surface area contributed by atoms with Crippen molar-refractivity contribution in [3.63, 3.8) is 0 Å². The maximum atomic E-state index is 11.5. The van der Waals surface area contributed by atoms with Gasteiger partial charge in [0.2, 0.25) is 0 Å². The average Bonchev–Trinajstić information content (AvgIpc) is 3.01. The van der Waals surface area contributed by atoms with Crippen LogP contribution in [0.1, 0.15) is 5.56 Å². The summed E-state index contributed by atoms with van der Waals surface area (Å²) in [5, 5.41) is 12.6. The largest absolute Gasteiger partial charge is 0.336 e. The lowest BCUT2D eigenvalue weighted by Crippen LogP contribution is -2.03. The Hall–Kier alpha value is -3.40. The summed E-state index contributed by atoms with van der Waals surface area (Å²) in [7, 11) is 0. The number of nitro benzene ring substituents is 1. The molecular weight excluding hydrogens is 312 g/mol. The van der Waals surface area contributed by atoms with E-state index in [-0.39, 0.29) is 10.6 Å². The van der Waals surface area contributed by atoms with Gasteiger partial charge in [0.15, 0.2) is 0 Å². The van der Waals surface area contributed by atoms with Crippen LogP contribution in [-0.2, 0) is 6.54 Å². The molecule has 0 fully saturated rings. The highest BCUT2D eigenvalue weighted by Gasteiger charge is 2.19. The van der Waals surface area contributed by atoms with E-state index < -0.39 is 0 Å². The van der Waals surface area contributed by atoms with Crippen molar-refractivity contribution in [2.24, 2.45) is 0 Å². The summed E-state index contributed by atoms with van der Waals surface area (Å²) in [5.41, 5.74) is 3.85. The highest BCUT2D eigenvalue weighted by atomic mass is 16.6. The summed E-state index contributed by atoms with van der Waals surface area (Å²) in [6, 6.07) is 27.1. The highest BCUT2D eigenvalue weighted by molar-refractivity contribution is 5.89. The molecule has 3 aromatic carbocycles. The van der Waals surface area contributed by atoms with E-state index in [4.69, 9.17) is 0 Å². The summed E-state index contributed by atoms with van der Waals surface area (Å²) in [6.07, 6.45) is 0. The van der Waals surface area contributed by atoms with E-state index in [0.29, 0.717) is 12.1 Å². The summed E-state index contributed by atoms with van der Waals surface area (Å²) < 4.78 is 2.15. The fourth-order valence-electron chi connectivity index (χ4n) is 3.22. The molecule has 0 saturated heterocycles. The minimum atomic E-state index is -0.320. The smallest absolute Gasteiger partial charge is 0.278 e. The van der Waals surface area contributed by atoms with Gasteiger partial charge >= 0.3 is 0 Å². The van der Waals surface area contributed by atoms with Crippen molar-refractivity contribution in [2.75, 3.05) is 0 Å². The normalized spacial score (nSPS) is 10.9. The first-order valence-corrected chi connectivity index (χ1v) is 8.10. The van der Waals surface area contributed by atoms with Gasteiger partial charge in [-0.15, -0.1) is 0 Å². The van der Waals surface area contributed by atoms with E-state index in [0.717, 1.165) is 22.2 Å². The van der Waals surface area contributed by atoms with Crippen LogP contribution in [0.5, 0.6) is 0 Å². The molecule has 0 saturated carbocycles. The van der Waals surface area contributed by atoms with Crippen molar-refractivity contribution in [2.45, 2.75) is 6.54 Å². The second-order valence-corrected chi connectivity index (χ2v) is 5.93. The monoisotopic (exact) mass is 328 g/mol. The third-order valence-corrected chi connectivity index (χ3v) is 4.37. The van der Waals surface area contributed by atoms with E-state index in [1.807, 2.05) is 54.6 Å². The van der Waals surface area contributed by atoms with Gasteiger partial charge in [-0.1, -0.05) is 60.7 Å². The fourth-order valence-corrected chi connectivity index (χ4v) is 3.22. The van der Waals surface area contributed by atoms with Crippen LogP contribution in [0.15, 0.2) is 84.9 Å². The van der Waals surface area contributed by atoms with Gasteiger partial charge in [-0.3, -0.25) is 10.1 Å². The standard InChI is InChI=1S/C21H16N2O2/c24-23(25)20-13-7-5-11-18(20)21-14-17-10-4-6-12-19(17)22(21)15-16-8-2-1-3-9-16/h1-14H,15H2. The number of aromatic nitrogens is 1. The van der Waals surface area contributed by atoms with Crippen LogP contribution in [0.4, 0.5) is 5.69 Å². The minimum absolute atomic E-state index is 0.125. The number of rotatable bonds is 4. The first-order chi connectivity index (χ1) is 12.2. The third-order valence-electron chi connectivity index (χ3n) is 4.37. The van der Waals surface area contributed by atoms with Crippen molar-refractivity contribution in [3.05, 3.63) is 101 Å². The molecule has 0 aliphatic heterocycles. The van der Waals surface area contributed by atoms with E-state index >= 15 is 0 Å². The Bertz CT molecular complexity index is 1050. The molecule has 4 rings (SSSR count). The molecule has 0 bridgehead atoms. The lowest BCUT2D eigenvalue weighted by molar-refractivity contribution is -0.384. The number of benzene rings is 3. The van der Waals surface area contributed by atoms with Gasteiger partial charge in [0, 0.05) is 23.5 Å². The van der Waals surface area contributed by atoms with E-state index in [2.05, 4.69) is 22.8 Å². The van der Waals surface area contributed by atoms with Crippen LogP contribution in [0, 0.1) is 10.1 Å². The molecule has 0 aliphatic carbocycles. The van der Waals surface area contributed by atoms with Gasteiger partial charge in [0.25, 0.3) is 5.69 Å². The van der Waals surface area contributed by atoms with Crippen LogP contribution < -0.4 is 0 Å². The van der Waals surface area contributed by atoms with E-state index in [1.165, 1.54) is 0 Å². The van der Waals surface area contributed by atoms with Crippen LogP contribution in [0.2, 0.25) is 0 Å². The molecule has 0 unspecified atom stereocenters. The molecule has 0 amide bonds. The first-order valence-electron chi connectivity index (χ1n) is 8.10. The quantitative estimate of drug-likeness (QED) is 0.379. The van der Waals surface area contributed by atoms with Crippen molar-refractivity contribution >= 4 is 16.6 Å². The van der Waals surface area contributed by atoms with Crippen molar-refractivity contribution < 1.29 is 4.92 Å². The highest BCUT2D eigenvalue weighted by Crippen LogP contribution is 2.34. The lowest BCUT2D eigenvalue weighted by atomic mass is 10.1. The maximum Gasteiger partial charge on any atom is 0.278 e. The Balaban J connectivity index is 1.95. The Labute approximate surface area is 145 Å². The molecule has 4 nitrogen and oxygen atoms in total. The first kappa shape index (κ1) is 15.1. The Morgan fingerprint density at radius 3 is 2.32 bits per heavy atom. The lowest BCUT2D eigenvalue weighted by Gasteiger charge is -2.11. The third kappa shape index (κ3) is 2.78. The predicted octanol–water partition coefficient (Wildman–Crippen LogP) is 5.26. The maximum absolute atomic E-state index is 11.5. The zero-order valence-corrected chi connectivity index (χ0v) is 13.5. The SMILES string of the molecule is O=[N+]([O-])c1ccccc1-c1cc2ccccc2n1Cc1ccccc1. The summed E-state index contributed by atoms with van der Waals surface area (Å²) >= 11 is 0. The molecule has 25 heavy (non-hydrogen) atoms. The Morgan fingerprint density at radius 1 is 0.840 bits per heavy atom. The zero-order valence-electron chi connectivity index (χ0n) is 13.5. The van der Waals surface area contributed by atoms with E-state index in [9.17, 15) is 10.1 Å². The number of fused-ring (bicyclic) bond motifs is 1. The number of hydrogen-bond acceptors (Lipinski definition) is 2. The van der Waals surface area contributed by atoms with Crippen molar-refractivity contribution in [1.82, 2.24) is 4.57 Å². The van der Waals surface area contributed by atoms with Crippen LogP contribution in [-0.4, -0.2) is 9.49 Å². The second-order valence-electron chi connectivity index (χ2n) is 5.93. The van der Waals surface area contributed by atoms with Gasteiger partial charge in [-0.25, -0.2) is 0 Å². The van der Waals surface area contributed by atoms with E-state index in [1.54, 1.807) is 12.1 Å². The van der Waals surface area contributed by atoms with Gasteiger partial charge in [-0.2, -0.15) is 0 Å². The second kappa shape index (κ2) is 6.24. The number of nitro groups is 1. The fraction of sp³-hybridized carbons (Fsp3) is 0.0476. The molecule has 4 heteroatoms. The van der Waals surface area contributed by atoms with Crippen molar-refractivity contribution in [1.29, 1.82) is 0 Å². The number of nitrogens with zero attached hydrogens (tertiary/aromatic N) is 2. The molecule has 1 aromatic heterocycles. The molecule has 0 aliphatic rings. The van der Waals surface area contributed by atoms with Gasteiger partial charge in [0.05, 0.1) is 16.2 Å². The zero-order chi connectivity index (χ0) is 17.2. The van der Waals surface area contributed by atoms with Gasteiger partial charge in [0.1, 0.15) is 0 Å². The number of para-hydroxylation sites is 2. The molecule has 0 atom stereocenters. The van der Waals surface area contributed by atoms with Gasteiger partial charge < -0.3 is 4.57 Å². The van der Waals surface area contributed by atoms with Gasteiger partial charge in [-0.05, 0) is 23.8 Å². The minimum Gasteiger partial charge on any atom is -0.336 e. The molecule has 122 valence electrons. The van der Waals surface area contributed by atoms with Crippen LogP contribution in [0.3, 0.4) is 0 Å². The molecule has 4 aromatic rings. The molecule has 1 heterocycles. The van der Waals surface area contributed by atoms with Crippen LogP contribution in [0.25, 0.3) is 22.2 Å². The summed E-state index contributed by atoms with van der Waals surface area (Å²) in [4.78, 5) is 11.2. The Morgan fingerprint density at radius 2 is 1.52 bits per heavy atom. The predicted molar refractivity (Wildman–Crippen MR) is 99.6 cm³/mol. The Kier molecular flexibility index (Phi) is 3.78. The average molecular weight is 328 g/mol. The molecule has 0 spiro atoms. The summed E-state index contributed by atoms with van der Waals surface area (Å²) in [6.45, 7) is 0.662. The molecule has 0 N–H and O–H groups in total. The number of hydrogen-bond donors (Lipinski definition) is 0. The topological polar surface area (TPSA) is 48.1 Å². The van der Waals surface area contributed by atoms with Crippen LogP contribution >= 0.6 is 0 Å². The summed E-state index contributed by atoms with van der Waals surface area (Å²) in [5.74, 6) is 0.